The Balaban J connectivity index is 2.21. The molecule has 0 aliphatic carbocycles. The molecule has 0 aromatic carbocycles. The van der Waals surface area contributed by atoms with Crippen LogP contribution in [0.1, 0.15) is 20.3 Å². The summed E-state index contributed by atoms with van der Waals surface area (Å²) in [5, 5.41) is 3.33. The summed E-state index contributed by atoms with van der Waals surface area (Å²) in [4.78, 5) is 0. The molecular formula is C10H17NO. The molecule has 1 fully saturated rings. The van der Waals surface area contributed by atoms with Gasteiger partial charge in [0, 0.05) is 13.2 Å². The topological polar surface area (TPSA) is 21.3 Å². The van der Waals surface area contributed by atoms with Crippen molar-refractivity contribution in [3.8, 4) is 12.3 Å². The van der Waals surface area contributed by atoms with Crippen LogP contribution < -0.4 is 5.32 Å². The van der Waals surface area contributed by atoms with Gasteiger partial charge >= 0.3 is 0 Å². The molecule has 0 aromatic heterocycles. The quantitative estimate of drug-likeness (QED) is 0.634. The maximum Gasteiger partial charge on any atom is 0.0741 e. The summed E-state index contributed by atoms with van der Waals surface area (Å²) in [6.07, 6.45) is 6.51. The normalized spacial score (nSPS) is 23.9. The molecule has 68 valence electrons. The highest BCUT2D eigenvalue weighted by molar-refractivity contribution is 5.07. The first-order valence-electron chi connectivity index (χ1n) is 4.44. The Kier molecular flexibility index (Phi) is 3.13. The molecular weight excluding hydrogens is 150 g/mol. The molecule has 0 amide bonds. The highest BCUT2D eigenvalue weighted by Crippen LogP contribution is 2.12. The van der Waals surface area contributed by atoms with Crippen molar-refractivity contribution in [1.82, 2.24) is 5.32 Å². The maximum absolute atomic E-state index is 5.35. The lowest BCUT2D eigenvalue weighted by molar-refractivity contribution is 0.184. The van der Waals surface area contributed by atoms with Crippen LogP contribution in [0.15, 0.2) is 0 Å². The van der Waals surface area contributed by atoms with Crippen LogP contribution in [0.4, 0.5) is 0 Å². The van der Waals surface area contributed by atoms with E-state index in [1.165, 1.54) is 0 Å². The van der Waals surface area contributed by atoms with Crippen molar-refractivity contribution >= 4 is 0 Å². The van der Waals surface area contributed by atoms with Gasteiger partial charge in [-0.15, -0.1) is 6.42 Å². The van der Waals surface area contributed by atoms with Crippen molar-refractivity contribution in [2.75, 3.05) is 19.8 Å². The Labute approximate surface area is 74.7 Å². The predicted molar refractivity (Wildman–Crippen MR) is 49.8 cm³/mol. The van der Waals surface area contributed by atoms with Crippen LogP contribution in [0.5, 0.6) is 0 Å². The molecule has 1 N–H and O–H groups in total. The summed E-state index contributed by atoms with van der Waals surface area (Å²) in [7, 11) is 0. The molecule has 12 heavy (non-hydrogen) atoms. The average Bonchev–Trinajstić information content (AvgIpc) is 2.53. The Hall–Kier alpha value is -0.520. The van der Waals surface area contributed by atoms with Crippen LogP contribution >= 0.6 is 0 Å². The minimum atomic E-state index is -0.178. The van der Waals surface area contributed by atoms with E-state index in [0.29, 0.717) is 5.92 Å². The molecule has 1 aliphatic heterocycles. The standard InChI is InChI=1S/C10H17NO/c1-4-10(2,3)11-7-9-5-6-12-8-9/h1,9,11H,5-8H2,2-3H3. The first kappa shape index (κ1) is 9.57. The Morgan fingerprint density at radius 1 is 1.67 bits per heavy atom. The van der Waals surface area contributed by atoms with Crippen LogP contribution in [0.3, 0.4) is 0 Å². The number of hydrogen-bond acceptors (Lipinski definition) is 2. The van der Waals surface area contributed by atoms with Gasteiger partial charge in [-0.25, -0.2) is 0 Å². The molecule has 1 atom stereocenters. The van der Waals surface area contributed by atoms with Gasteiger partial charge in [-0.1, -0.05) is 5.92 Å². The van der Waals surface area contributed by atoms with Gasteiger partial charge in [0.2, 0.25) is 0 Å². The van der Waals surface area contributed by atoms with Crippen LogP contribution in [0, 0.1) is 18.3 Å². The maximum atomic E-state index is 5.35. The van der Waals surface area contributed by atoms with E-state index in [9.17, 15) is 0 Å². The summed E-state index contributed by atoms with van der Waals surface area (Å²) >= 11 is 0. The highest BCUT2D eigenvalue weighted by atomic mass is 16.5. The molecule has 1 saturated heterocycles. The summed E-state index contributed by atoms with van der Waals surface area (Å²) in [6.45, 7) is 6.79. The van der Waals surface area contributed by atoms with Gasteiger partial charge in [0.05, 0.1) is 12.1 Å². The van der Waals surface area contributed by atoms with E-state index in [2.05, 4.69) is 11.2 Å². The summed E-state index contributed by atoms with van der Waals surface area (Å²) < 4.78 is 5.26. The molecule has 2 nitrogen and oxygen atoms in total. The summed E-state index contributed by atoms with van der Waals surface area (Å²) in [6, 6.07) is 0. The smallest absolute Gasteiger partial charge is 0.0741 e. The lowest BCUT2D eigenvalue weighted by Gasteiger charge is -2.21. The van der Waals surface area contributed by atoms with Gasteiger partial charge in [-0.05, 0) is 26.2 Å². The Morgan fingerprint density at radius 3 is 2.92 bits per heavy atom. The van der Waals surface area contributed by atoms with E-state index >= 15 is 0 Å². The van der Waals surface area contributed by atoms with Gasteiger partial charge in [-0.2, -0.15) is 0 Å². The van der Waals surface area contributed by atoms with Gasteiger partial charge in [0.25, 0.3) is 0 Å². The second-order valence-electron chi connectivity index (χ2n) is 3.88. The molecule has 0 spiro atoms. The van der Waals surface area contributed by atoms with E-state index in [4.69, 9.17) is 11.2 Å². The zero-order valence-corrected chi connectivity index (χ0v) is 7.89. The lowest BCUT2D eigenvalue weighted by atomic mass is 10.0. The van der Waals surface area contributed by atoms with Crippen molar-refractivity contribution in [3.63, 3.8) is 0 Å². The van der Waals surface area contributed by atoms with Crippen LogP contribution in [0.2, 0.25) is 0 Å². The summed E-state index contributed by atoms with van der Waals surface area (Å²) in [5.41, 5.74) is -0.178. The first-order chi connectivity index (χ1) is 5.64. The van der Waals surface area contributed by atoms with Crippen molar-refractivity contribution in [2.45, 2.75) is 25.8 Å². The van der Waals surface area contributed by atoms with E-state index in [0.717, 1.165) is 26.2 Å². The Bertz CT molecular complexity index is 175. The third kappa shape index (κ3) is 2.84. The van der Waals surface area contributed by atoms with E-state index < -0.39 is 0 Å². The lowest BCUT2D eigenvalue weighted by Crippen LogP contribution is -2.40. The Morgan fingerprint density at radius 2 is 2.42 bits per heavy atom. The SMILES string of the molecule is C#CC(C)(C)NCC1CCOC1. The van der Waals surface area contributed by atoms with E-state index in [-0.39, 0.29) is 5.54 Å². The predicted octanol–water partition coefficient (Wildman–Crippen LogP) is 1.02. The molecule has 2 heteroatoms. The number of terminal acetylenes is 1. The zero-order chi connectivity index (χ0) is 9.03. The fraction of sp³-hybridized carbons (Fsp3) is 0.800. The monoisotopic (exact) mass is 167 g/mol. The first-order valence-corrected chi connectivity index (χ1v) is 4.44. The van der Waals surface area contributed by atoms with Crippen molar-refractivity contribution in [1.29, 1.82) is 0 Å². The molecule has 1 rings (SSSR count). The fourth-order valence-electron chi connectivity index (χ4n) is 1.19. The largest absolute Gasteiger partial charge is 0.381 e. The van der Waals surface area contributed by atoms with Gasteiger partial charge in [-0.3, -0.25) is 0 Å². The molecule has 1 unspecified atom stereocenters. The number of nitrogens with one attached hydrogen (secondary N) is 1. The highest BCUT2D eigenvalue weighted by Gasteiger charge is 2.19. The fourth-order valence-corrected chi connectivity index (χ4v) is 1.19. The van der Waals surface area contributed by atoms with E-state index in [1.807, 2.05) is 13.8 Å². The summed E-state index contributed by atoms with van der Waals surface area (Å²) in [5.74, 6) is 3.36. The third-order valence-corrected chi connectivity index (χ3v) is 2.22. The van der Waals surface area contributed by atoms with Crippen molar-refractivity contribution < 1.29 is 4.74 Å². The molecule has 0 aromatic rings. The number of hydrogen-bond donors (Lipinski definition) is 1. The van der Waals surface area contributed by atoms with Crippen LogP contribution in [-0.2, 0) is 4.74 Å². The molecule has 0 radical (unpaired) electrons. The molecule has 1 heterocycles. The second-order valence-corrected chi connectivity index (χ2v) is 3.88. The second kappa shape index (κ2) is 3.93. The van der Waals surface area contributed by atoms with Gasteiger partial charge in [0.1, 0.15) is 0 Å². The minimum Gasteiger partial charge on any atom is -0.381 e. The van der Waals surface area contributed by atoms with E-state index in [1.54, 1.807) is 0 Å². The van der Waals surface area contributed by atoms with Crippen molar-refractivity contribution in [2.24, 2.45) is 5.92 Å². The molecule has 0 bridgehead atoms. The van der Waals surface area contributed by atoms with Gasteiger partial charge in [0.15, 0.2) is 0 Å². The van der Waals surface area contributed by atoms with Crippen molar-refractivity contribution in [3.05, 3.63) is 0 Å². The number of ether oxygens (including phenoxy) is 1. The van der Waals surface area contributed by atoms with Crippen LogP contribution in [0.25, 0.3) is 0 Å². The number of rotatable bonds is 3. The molecule has 0 saturated carbocycles. The third-order valence-electron chi connectivity index (χ3n) is 2.22. The van der Waals surface area contributed by atoms with Crippen LogP contribution in [-0.4, -0.2) is 25.3 Å². The minimum absolute atomic E-state index is 0.178. The van der Waals surface area contributed by atoms with Gasteiger partial charge < -0.3 is 10.1 Å². The zero-order valence-electron chi connectivity index (χ0n) is 7.89. The average molecular weight is 167 g/mol. The molecule has 1 aliphatic rings.